The summed E-state index contributed by atoms with van der Waals surface area (Å²) in [5, 5.41) is 11.2. The average molecular weight is 277 g/mol. The van der Waals surface area contributed by atoms with Crippen molar-refractivity contribution in [3.63, 3.8) is 0 Å². The predicted octanol–water partition coefficient (Wildman–Crippen LogP) is 0.859. The Balaban J connectivity index is 2.30. The van der Waals surface area contributed by atoms with Crippen molar-refractivity contribution < 1.29 is 19.1 Å². The largest absolute Gasteiger partial charge is 0.478 e. The van der Waals surface area contributed by atoms with Crippen molar-refractivity contribution in [2.75, 3.05) is 5.32 Å². The van der Waals surface area contributed by atoms with E-state index in [4.69, 9.17) is 5.11 Å². The molecule has 1 heterocycles. The number of anilines is 1. The van der Waals surface area contributed by atoms with E-state index in [0.717, 1.165) is 30.6 Å². The molecule has 0 unspecified atom stereocenters. The Morgan fingerprint density at radius 1 is 1.35 bits per heavy atom. The Morgan fingerprint density at radius 3 is 2.70 bits per heavy atom. The number of halogens is 1. The lowest BCUT2D eigenvalue weighted by atomic mass is 10.1. The van der Waals surface area contributed by atoms with Crippen LogP contribution >= 0.6 is 0 Å². The van der Waals surface area contributed by atoms with Gasteiger partial charge in [-0.15, -0.1) is 0 Å². The van der Waals surface area contributed by atoms with Crippen LogP contribution in [0, 0.1) is 5.82 Å². The van der Waals surface area contributed by atoms with E-state index < -0.39 is 23.3 Å². The van der Waals surface area contributed by atoms with E-state index in [9.17, 15) is 18.8 Å². The van der Waals surface area contributed by atoms with E-state index >= 15 is 0 Å². The van der Waals surface area contributed by atoms with Crippen molar-refractivity contribution in [2.45, 2.75) is 0 Å². The SMILES string of the molecule is O=C(Nc1ccc(F)cc1C(=O)O)c1c[nH]c(=O)cn1. The Kier molecular flexibility index (Phi) is 3.56. The predicted molar refractivity (Wildman–Crippen MR) is 66.2 cm³/mol. The second kappa shape index (κ2) is 5.31. The summed E-state index contributed by atoms with van der Waals surface area (Å²) in [6.07, 6.45) is 2.00. The normalized spacial score (nSPS) is 10.1. The van der Waals surface area contributed by atoms with Crippen LogP contribution < -0.4 is 10.9 Å². The number of H-pyrrole nitrogens is 1. The number of aromatic amines is 1. The number of hydrogen-bond acceptors (Lipinski definition) is 4. The van der Waals surface area contributed by atoms with Crippen molar-refractivity contribution in [1.82, 2.24) is 9.97 Å². The van der Waals surface area contributed by atoms with Crippen LogP contribution in [0.3, 0.4) is 0 Å². The van der Waals surface area contributed by atoms with Crippen LogP contribution in [0.5, 0.6) is 0 Å². The molecule has 0 aliphatic rings. The summed E-state index contributed by atoms with van der Waals surface area (Å²) in [6, 6.07) is 2.93. The van der Waals surface area contributed by atoms with Crippen LogP contribution in [0.4, 0.5) is 10.1 Å². The minimum Gasteiger partial charge on any atom is -0.478 e. The number of hydrogen-bond donors (Lipinski definition) is 3. The highest BCUT2D eigenvalue weighted by Gasteiger charge is 2.15. The molecule has 1 aromatic carbocycles. The zero-order valence-corrected chi connectivity index (χ0v) is 9.88. The van der Waals surface area contributed by atoms with Gasteiger partial charge in [-0.2, -0.15) is 0 Å². The molecule has 0 saturated carbocycles. The van der Waals surface area contributed by atoms with Gasteiger partial charge in [-0.25, -0.2) is 14.2 Å². The molecule has 0 saturated heterocycles. The van der Waals surface area contributed by atoms with Gasteiger partial charge in [0.05, 0.1) is 17.4 Å². The summed E-state index contributed by atoms with van der Waals surface area (Å²) in [6.45, 7) is 0. The van der Waals surface area contributed by atoms with Gasteiger partial charge >= 0.3 is 5.97 Å². The molecule has 0 radical (unpaired) electrons. The zero-order valence-electron chi connectivity index (χ0n) is 9.88. The first-order valence-electron chi connectivity index (χ1n) is 5.36. The van der Waals surface area contributed by atoms with Crippen LogP contribution in [0.2, 0.25) is 0 Å². The number of rotatable bonds is 3. The molecular weight excluding hydrogens is 269 g/mol. The molecule has 0 aliphatic carbocycles. The highest BCUT2D eigenvalue weighted by molar-refractivity contribution is 6.06. The molecule has 3 N–H and O–H groups in total. The molecule has 0 fully saturated rings. The van der Waals surface area contributed by atoms with E-state index in [1.54, 1.807) is 0 Å². The second-order valence-electron chi connectivity index (χ2n) is 3.75. The molecule has 20 heavy (non-hydrogen) atoms. The fourth-order valence-corrected chi connectivity index (χ4v) is 1.46. The van der Waals surface area contributed by atoms with Crippen LogP contribution in [0.25, 0.3) is 0 Å². The van der Waals surface area contributed by atoms with E-state index in [0.29, 0.717) is 0 Å². The van der Waals surface area contributed by atoms with E-state index in [2.05, 4.69) is 15.3 Å². The lowest BCUT2D eigenvalue weighted by molar-refractivity contribution is 0.0697. The fourth-order valence-electron chi connectivity index (χ4n) is 1.46. The van der Waals surface area contributed by atoms with E-state index in [1.807, 2.05) is 0 Å². The number of carboxylic acid groups (broad SMARTS) is 1. The Bertz CT molecular complexity index is 721. The summed E-state index contributed by atoms with van der Waals surface area (Å²) in [7, 11) is 0. The summed E-state index contributed by atoms with van der Waals surface area (Å²) < 4.78 is 13.0. The lowest BCUT2D eigenvalue weighted by Crippen LogP contribution is -2.18. The van der Waals surface area contributed by atoms with Gasteiger partial charge in [-0.1, -0.05) is 0 Å². The number of aromatic carboxylic acids is 1. The number of carboxylic acids is 1. The average Bonchev–Trinajstić information content (AvgIpc) is 2.41. The molecular formula is C12H8FN3O4. The maximum absolute atomic E-state index is 13.0. The number of nitrogens with zero attached hydrogens (tertiary/aromatic N) is 1. The van der Waals surface area contributed by atoms with Crippen LogP contribution in [-0.4, -0.2) is 27.0 Å². The molecule has 8 heteroatoms. The summed E-state index contributed by atoms with van der Waals surface area (Å²) in [5.41, 5.74) is -1.04. The molecule has 102 valence electrons. The van der Waals surface area contributed by atoms with Gasteiger partial charge in [0.25, 0.3) is 11.5 Å². The third kappa shape index (κ3) is 2.86. The first-order chi connectivity index (χ1) is 9.47. The van der Waals surface area contributed by atoms with Gasteiger partial charge in [0.1, 0.15) is 11.5 Å². The summed E-state index contributed by atoms with van der Waals surface area (Å²) in [5.74, 6) is -2.84. The highest BCUT2D eigenvalue weighted by atomic mass is 19.1. The first-order valence-corrected chi connectivity index (χ1v) is 5.36. The Morgan fingerprint density at radius 2 is 2.10 bits per heavy atom. The Hall–Kier alpha value is -3.03. The van der Waals surface area contributed by atoms with Gasteiger partial charge < -0.3 is 15.4 Å². The van der Waals surface area contributed by atoms with Crippen LogP contribution in [0.15, 0.2) is 35.4 Å². The van der Waals surface area contributed by atoms with Crippen LogP contribution in [-0.2, 0) is 0 Å². The van der Waals surface area contributed by atoms with Crippen molar-refractivity contribution in [1.29, 1.82) is 0 Å². The highest BCUT2D eigenvalue weighted by Crippen LogP contribution is 2.17. The number of carbonyl (C=O) groups is 2. The van der Waals surface area contributed by atoms with Crippen molar-refractivity contribution >= 4 is 17.6 Å². The van der Waals surface area contributed by atoms with Gasteiger partial charge in [0, 0.05) is 6.20 Å². The van der Waals surface area contributed by atoms with Gasteiger partial charge in [-0.05, 0) is 18.2 Å². The smallest absolute Gasteiger partial charge is 0.337 e. The number of aromatic nitrogens is 2. The maximum Gasteiger partial charge on any atom is 0.337 e. The molecule has 1 aromatic heterocycles. The lowest BCUT2D eigenvalue weighted by Gasteiger charge is -2.07. The first kappa shape index (κ1) is 13.4. The molecule has 7 nitrogen and oxygen atoms in total. The van der Waals surface area contributed by atoms with Gasteiger partial charge in [0.2, 0.25) is 0 Å². The van der Waals surface area contributed by atoms with E-state index in [1.165, 1.54) is 0 Å². The molecule has 0 aliphatic heterocycles. The zero-order chi connectivity index (χ0) is 14.7. The summed E-state index contributed by atoms with van der Waals surface area (Å²) in [4.78, 5) is 39.4. The Labute approximate surface area is 111 Å². The van der Waals surface area contributed by atoms with Crippen LogP contribution in [0.1, 0.15) is 20.8 Å². The summed E-state index contributed by atoms with van der Waals surface area (Å²) >= 11 is 0. The van der Waals surface area contributed by atoms with Gasteiger partial charge in [0.15, 0.2) is 0 Å². The van der Waals surface area contributed by atoms with E-state index in [-0.39, 0.29) is 16.9 Å². The number of carbonyl (C=O) groups excluding carboxylic acids is 1. The maximum atomic E-state index is 13.0. The minimum absolute atomic E-state index is 0.0723. The molecule has 0 bridgehead atoms. The fraction of sp³-hybridized carbons (Fsp3) is 0. The van der Waals surface area contributed by atoms with Crippen molar-refractivity contribution in [2.24, 2.45) is 0 Å². The number of nitrogens with one attached hydrogen (secondary N) is 2. The third-order valence-corrected chi connectivity index (χ3v) is 2.36. The quantitative estimate of drug-likeness (QED) is 0.770. The number of benzene rings is 1. The monoisotopic (exact) mass is 277 g/mol. The van der Waals surface area contributed by atoms with Crippen molar-refractivity contribution in [3.8, 4) is 0 Å². The minimum atomic E-state index is -1.38. The molecule has 0 atom stereocenters. The molecule has 2 aromatic rings. The van der Waals surface area contributed by atoms with Crippen molar-refractivity contribution in [3.05, 3.63) is 58.0 Å². The molecule has 1 amide bonds. The standard InChI is InChI=1S/C12H8FN3O4/c13-6-1-2-8(7(3-6)12(19)20)16-11(18)9-4-15-10(17)5-14-9/h1-5H,(H,15,17)(H,16,18)(H,19,20). The van der Waals surface area contributed by atoms with Gasteiger partial charge in [-0.3, -0.25) is 9.59 Å². The number of amides is 1. The second-order valence-corrected chi connectivity index (χ2v) is 3.75. The third-order valence-electron chi connectivity index (χ3n) is 2.36. The molecule has 2 rings (SSSR count). The topological polar surface area (TPSA) is 112 Å². The molecule has 0 spiro atoms.